The van der Waals surface area contributed by atoms with Crippen molar-refractivity contribution in [2.45, 2.75) is 152 Å². The predicted octanol–water partition coefficient (Wildman–Crippen LogP) is 1.14. The molecule has 0 unspecified atom stereocenters. The lowest BCUT2D eigenvalue weighted by Gasteiger charge is -2.63. The highest BCUT2D eigenvalue weighted by Gasteiger charge is 2.70. The fourth-order valence-electron chi connectivity index (χ4n) is 13.1. The molecule has 7 N–H and O–H groups in total. The van der Waals surface area contributed by atoms with Crippen LogP contribution in [-0.4, -0.2) is 135 Å². The van der Waals surface area contributed by atoms with Gasteiger partial charge in [0.1, 0.15) is 48.5 Å². The molecule has 7 fully saturated rings. The molecule has 21 atom stereocenters. The standard InChI is InChI=1S/C39H64O13/c1-18(16-50-36-34(47)32(45)31(44)28(15-40)51-36)6-11-39(48-5)19(2)29-27(52-39)14-25-21-13-22(35-33(46)30(43)26(42)17-49-35)24-12-20(41)7-9-37(24,3)23(21)8-10-38(25,29)4/h18-19,21-36,40,42-47H,6-17H2,1-5H3/t18-,19-,21+,22-,23-,24+,25-,26+,27-,28+,29-,30-,31+,32-,33+,34+,35-,36+,37+,38-,39+/m0/s1. The Labute approximate surface area is 307 Å². The Morgan fingerprint density at radius 3 is 2.37 bits per heavy atom. The van der Waals surface area contributed by atoms with Crippen LogP contribution in [0.25, 0.3) is 0 Å². The van der Waals surface area contributed by atoms with Crippen molar-refractivity contribution in [3.63, 3.8) is 0 Å². The molecule has 0 aromatic heterocycles. The summed E-state index contributed by atoms with van der Waals surface area (Å²) >= 11 is 0. The maximum atomic E-state index is 12.9. The molecule has 13 heteroatoms. The number of aliphatic hydroxyl groups excluding tert-OH is 7. The van der Waals surface area contributed by atoms with Gasteiger partial charge in [0.15, 0.2) is 12.1 Å². The molecule has 52 heavy (non-hydrogen) atoms. The fraction of sp³-hybridized carbons (Fsp3) is 0.974. The third-order valence-corrected chi connectivity index (χ3v) is 15.9. The Morgan fingerprint density at radius 2 is 1.65 bits per heavy atom. The summed E-state index contributed by atoms with van der Waals surface area (Å²) in [7, 11) is 1.72. The van der Waals surface area contributed by atoms with Crippen LogP contribution in [0, 0.1) is 58.2 Å². The number of hydrogen-bond donors (Lipinski definition) is 7. The van der Waals surface area contributed by atoms with E-state index in [0.29, 0.717) is 43.4 Å². The minimum Gasteiger partial charge on any atom is -0.394 e. The van der Waals surface area contributed by atoms with Gasteiger partial charge in [-0.1, -0.05) is 27.7 Å². The van der Waals surface area contributed by atoms with E-state index >= 15 is 0 Å². The van der Waals surface area contributed by atoms with E-state index in [1.165, 1.54) is 0 Å². The summed E-state index contributed by atoms with van der Waals surface area (Å²) in [5, 5.41) is 72.3. The van der Waals surface area contributed by atoms with Crippen molar-refractivity contribution >= 4 is 5.78 Å². The number of aliphatic hydroxyl groups is 7. The van der Waals surface area contributed by atoms with Crippen LogP contribution in [-0.2, 0) is 28.5 Å². The molecule has 7 aliphatic rings. The molecule has 0 radical (unpaired) electrons. The third kappa shape index (κ3) is 6.25. The van der Waals surface area contributed by atoms with E-state index in [0.717, 1.165) is 32.1 Å². The smallest absolute Gasteiger partial charge is 0.186 e. The van der Waals surface area contributed by atoms with E-state index < -0.39 is 67.5 Å². The summed E-state index contributed by atoms with van der Waals surface area (Å²) in [5.41, 5.74) is -0.0788. The number of hydrogen-bond acceptors (Lipinski definition) is 13. The van der Waals surface area contributed by atoms with E-state index in [2.05, 4.69) is 20.8 Å². The molecule has 4 saturated carbocycles. The van der Waals surface area contributed by atoms with Crippen molar-refractivity contribution in [3.05, 3.63) is 0 Å². The van der Waals surface area contributed by atoms with Crippen molar-refractivity contribution in [2.24, 2.45) is 58.2 Å². The van der Waals surface area contributed by atoms with Crippen molar-refractivity contribution < 1.29 is 64.2 Å². The summed E-state index contributed by atoms with van der Waals surface area (Å²) in [6.07, 6.45) is -3.66. The summed E-state index contributed by atoms with van der Waals surface area (Å²) in [6.45, 7) is 8.80. The van der Waals surface area contributed by atoms with Gasteiger partial charge in [-0.05, 0) is 90.8 Å². The topological polar surface area (TPSA) is 205 Å². The van der Waals surface area contributed by atoms with Gasteiger partial charge in [-0.15, -0.1) is 0 Å². The van der Waals surface area contributed by atoms with E-state index in [1.54, 1.807) is 7.11 Å². The second-order valence-electron chi connectivity index (χ2n) is 18.4. The van der Waals surface area contributed by atoms with Crippen LogP contribution in [0.15, 0.2) is 0 Å². The summed E-state index contributed by atoms with van der Waals surface area (Å²) in [4.78, 5) is 12.9. The number of Topliss-reactive ketones (excluding diaryl/α,β-unsaturated/α-hetero) is 1. The van der Waals surface area contributed by atoms with Crippen LogP contribution in [0.2, 0.25) is 0 Å². The molecule has 3 aliphatic heterocycles. The average molecular weight is 741 g/mol. The van der Waals surface area contributed by atoms with E-state index in [1.807, 2.05) is 6.92 Å². The second-order valence-corrected chi connectivity index (χ2v) is 18.4. The molecule has 0 amide bonds. The van der Waals surface area contributed by atoms with Gasteiger partial charge in [0, 0.05) is 32.3 Å². The molecule has 7 rings (SSSR count). The maximum Gasteiger partial charge on any atom is 0.186 e. The molecular formula is C39H64O13. The maximum absolute atomic E-state index is 12.9. The van der Waals surface area contributed by atoms with Crippen molar-refractivity contribution in [2.75, 3.05) is 26.9 Å². The zero-order valence-electron chi connectivity index (χ0n) is 31.5. The van der Waals surface area contributed by atoms with Gasteiger partial charge >= 0.3 is 0 Å². The normalized spacial score (nSPS) is 55.3. The zero-order chi connectivity index (χ0) is 37.5. The first kappa shape index (κ1) is 39.4. The van der Waals surface area contributed by atoms with E-state index in [4.69, 9.17) is 23.7 Å². The number of carbonyl (C=O) groups is 1. The lowest BCUT2D eigenvalue weighted by atomic mass is 9.42. The largest absolute Gasteiger partial charge is 0.394 e. The van der Waals surface area contributed by atoms with Gasteiger partial charge in [-0.2, -0.15) is 0 Å². The van der Waals surface area contributed by atoms with Crippen molar-refractivity contribution in [1.29, 1.82) is 0 Å². The third-order valence-electron chi connectivity index (χ3n) is 15.9. The summed E-state index contributed by atoms with van der Waals surface area (Å²) < 4.78 is 30.8. The van der Waals surface area contributed by atoms with Crippen LogP contribution in [0.1, 0.15) is 85.5 Å². The number of fused-ring (bicyclic) bond motifs is 7. The second kappa shape index (κ2) is 14.6. The first-order valence-electron chi connectivity index (χ1n) is 19.9. The SMILES string of the molecule is CO[C@]1(CC[C@H](C)CO[C@@H]2O[C@H](CO)[C@@H](O)[C@H](O)[C@H]2O)O[C@H]2C[C@H]3[C@@H]4C[C@H]([C@@H]5OC[C@@H](O)[C@H](O)[C@H]5O)[C@H]5CC(=O)CC[C@]5(C)[C@H]4CC[C@]3(C)[C@H]2[C@@H]1C. The number of ether oxygens (including phenoxy) is 5. The van der Waals surface area contributed by atoms with Gasteiger partial charge in [-0.25, -0.2) is 0 Å². The molecule has 3 saturated heterocycles. The predicted molar refractivity (Wildman–Crippen MR) is 184 cm³/mol. The Balaban J connectivity index is 1.05. The molecule has 0 aromatic rings. The molecular weight excluding hydrogens is 676 g/mol. The summed E-state index contributed by atoms with van der Waals surface area (Å²) in [6, 6.07) is 0. The number of methoxy groups -OCH3 is 1. The number of rotatable bonds is 9. The highest BCUT2D eigenvalue weighted by atomic mass is 16.7. The van der Waals surface area contributed by atoms with Gasteiger partial charge in [-0.3, -0.25) is 4.79 Å². The van der Waals surface area contributed by atoms with Crippen LogP contribution in [0.4, 0.5) is 0 Å². The molecule has 298 valence electrons. The quantitative estimate of drug-likeness (QED) is 0.178. The molecule has 0 spiro atoms. The minimum absolute atomic E-state index is 0.00332. The van der Waals surface area contributed by atoms with Gasteiger partial charge in [0.2, 0.25) is 0 Å². The Kier molecular flexibility index (Phi) is 11.1. The highest BCUT2D eigenvalue weighted by molar-refractivity contribution is 5.79. The lowest BCUT2D eigenvalue weighted by Crippen LogP contribution is -2.63. The van der Waals surface area contributed by atoms with Gasteiger partial charge < -0.3 is 59.4 Å². The Hall–Kier alpha value is -0.810. The van der Waals surface area contributed by atoms with E-state index in [-0.39, 0.29) is 65.5 Å². The zero-order valence-corrected chi connectivity index (χ0v) is 31.5. The van der Waals surface area contributed by atoms with Gasteiger partial charge in [0.25, 0.3) is 0 Å². The van der Waals surface area contributed by atoms with Crippen LogP contribution < -0.4 is 0 Å². The highest BCUT2D eigenvalue weighted by Crippen LogP contribution is 2.72. The first-order chi connectivity index (χ1) is 24.6. The number of carbonyl (C=O) groups excluding carboxylic acids is 1. The van der Waals surface area contributed by atoms with Crippen LogP contribution >= 0.6 is 0 Å². The Morgan fingerprint density at radius 1 is 0.904 bits per heavy atom. The minimum atomic E-state index is -1.49. The fourth-order valence-corrected chi connectivity index (χ4v) is 13.1. The Bertz CT molecular complexity index is 1280. The van der Waals surface area contributed by atoms with Crippen LogP contribution in [0.5, 0.6) is 0 Å². The molecule has 4 aliphatic carbocycles. The molecule has 0 aromatic carbocycles. The first-order valence-corrected chi connectivity index (χ1v) is 19.9. The molecule has 3 heterocycles. The molecule has 13 nitrogen and oxygen atoms in total. The average Bonchev–Trinajstić information content (AvgIpc) is 3.58. The lowest BCUT2D eigenvalue weighted by molar-refractivity contribution is -0.303. The monoisotopic (exact) mass is 740 g/mol. The number of ketones is 1. The molecule has 0 bridgehead atoms. The van der Waals surface area contributed by atoms with E-state index in [9.17, 15) is 40.5 Å². The van der Waals surface area contributed by atoms with Crippen molar-refractivity contribution in [3.8, 4) is 0 Å². The van der Waals surface area contributed by atoms with Gasteiger partial charge in [0.05, 0.1) is 32.0 Å². The van der Waals surface area contributed by atoms with Crippen molar-refractivity contribution in [1.82, 2.24) is 0 Å². The van der Waals surface area contributed by atoms with Crippen LogP contribution in [0.3, 0.4) is 0 Å². The summed E-state index contributed by atoms with van der Waals surface area (Å²) in [5.74, 6) is 1.07.